The Kier molecular flexibility index (Phi) is 3.89. The van der Waals surface area contributed by atoms with Crippen LogP contribution in [0.25, 0.3) is 0 Å². The van der Waals surface area contributed by atoms with E-state index in [0.717, 1.165) is 12.8 Å². The van der Waals surface area contributed by atoms with Gasteiger partial charge in [0.1, 0.15) is 0 Å². The quantitative estimate of drug-likeness (QED) is 0.684. The monoisotopic (exact) mass is 200 g/mol. The third-order valence-electron chi connectivity index (χ3n) is 2.80. The zero-order chi connectivity index (χ0) is 10.7. The van der Waals surface area contributed by atoms with Crippen LogP contribution in [-0.2, 0) is 9.53 Å². The summed E-state index contributed by atoms with van der Waals surface area (Å²) in [4.78, 5) is 11.5. The SMILES string of the molecule is COC1CC(NC(=O)C(N)C(C)C)C1. The Balaban J connectivity index is 2.22. The minimum Gasteiger partial charge on any atom is -0.381 e. The number of hydrogen-bond donors (Lipinski definition) is 2. The molecular formula is C10H20N2O2. The van der Waals surface area contributed by atoms with Crippen LogP contribution in [0, 0.1) is 5.92 Å². The number of carbonyl (C=O) groups excluding carboxylic acids is 1. The Morgan fingerprint density at radius 3 is 2.50 bits per heavy atom. The largest absolute Gasteiger partial charge is 0.381 e. The van der Waals surface area contributed by atoms with Gasteiger partial charge in [-0.05, 0) is 18.8 Å². The minimum atomic E-state index is -0.392. The fraction of sp³-hybridized carbons (Fsp3) is 0.900. The second-order valence-corrected chi connectivity index (χ2v) is 4.30. The molecule has 4 heteroatoms. The molecule has 0 aromatic heterocycles. The Bertz CT molecular complexity index is 200. The van der Waals surface area contributed by atoms with Crippen molar-refractivity contribution in [2.24, 2.45) is 11.7 Å². The highest BCUT2D eigenvalue weighted by molar-refractivity contribution is 5.82. The molecule has 0 heterocycles. The summed E-state index contributed by atoms with van der Waals surface area (Å²) >= 11 is 0. The van der Waals surface area contributed by atoms with Gasteiger partial charge in [0.25, 0.3) is 0 Å². The lowest BCUT2D eigenvalue weighted by Gasteiger charge is -2.35. The molecule has 1 aliphatic carbocycles. The molecule has 1 unspecified atom stereocenters. The molecule has 0 aromatic carbocycles. The lowest BCUT2D eigenvalue weighted by atomic mass is 9.88. The van der Waals surface area contributed by atoms with Gasteiger partial charge in [-0.25, -0.2) is 0 Å². The van der Waals surface area contributed by atoms with Gasteiger partial charge in [-0.2, -0.15) is 0 Å². The summed E-state index contributed by atoms with van der Waals surface area (Å²) in [6, 6.07) is -0.131. The summed E-state index contributed by atoms with van der Waals surface area (Å²) < 4.78 is 5.12. The van der Waals surface area contributed by atoms with Gasteiger partial charge in [0.15, 0.2) is 0 Å². The zero-order valence-electron chi connectivity index (χ0n) is 9.12. The Morgan fingerprint density at radius 1 is 1.50 bits per heavy atom. The molecule has 1 aliphatic rings. The minimum absolute atomic E-state index is 0.0421. The maximum atomic E-state index is 11.5. The Hall–Kier alpha value is -0.610. The molecule has 82 valence electrons. The number of nitrogens with two attached hydrogens (primary N) is 1. The fourth-order valence-corrected chi connectivity index (χ4v) is 1.48. The van der Waals surface area contributed by atoms with Crippen LogP contribution in [0.4, 0.5) is 0 Å². The van der Waals surface area contributed by atoms with Gasteiger partial charge in [-0.15, -0.1) is 0 Å². The van der Waals surface area contributed by atoms with Gasteiger partial charge in [0.2, 0.25) is 5.91 Å². The number of nitrogens with one attached hydrogen (secondary N) is 1. The van der Waals surface area contributed by atoms with E-state index in [1.807, 2.05) is 13.8 Å². The number of ether oxygens (including phenoxy) is 1. The van der Waals surface area contributed by atoms with Crippen molar-refractivity contribution < 1.29 is 9.53 Å². The highest BCUT2D eigenvalue weighted by Crippen LogP contribution is 2.22. The van der Waals surface area contributed by atoms with Gasteiger partial charge in [-0.3, -0.25) is 4.79 Å². The number of amides is 1. The summed E-state index contributed by atoms with van der Waals surface area (Å²) in [7, 11) is 1.70. The molecule has 14 heavy (non-hydrogen) atoms. The van der Waals surface area contributed by atoms with Gasteiger partial charge in [0, 0.05) is 13.2 Å². The van der Waals surface area contributed by atoms with Gasteiger partial charge in [0.05, 0.1) is 12.1 Å². The van der Waals surface area contributed by atoms with Crippen molar-refractivity contribution >= 4 is 5.91 Å². The molecule has 0 aromatic rings. The first-order valence-electron chi connectivity index (χ1n) is 5.13. The van der Waals surface area contributed by atoms with E-state index in [9.17, 15) is 4.79 Å². The molecule has 0 spiro atoms. The van der Waals surface area contributed by atoms with Crippen LogP contribution in [0.1, 0.15) is 26.7 Å². The number of hydrogen-bond acceptors (Lipinski definition) is 3. The molecule has 1 saturated carbocycles. The first-order valence-corrected chi connectivity index (χ1v) is 5.13. The average molecular weight is 200 g/mol. The van der Waals surface area contributed by atoms with E-state index in [0.29, 0.717) is 6.10 Å². The molecule has 4 nitrogen and oxygen atoms in total. The van der Waals surface area contributed by atoms with Crippen molar-refractivity contribution in [2.75, 3.05) is 7.11 Å². The van der Waals surface area contributed by atoms with Crippen LogP contribution in [0.2, 0.25) is 0 Å². The van der Waals surface area contributed by atoms with Gasteiger partial charge < -0.3 is 15.8 Å². The lowest BCUT2D eigenvalue weighted by molar-refractivity contribution is -0.125. The van der Waals surface area contributed by atoms with Crippen molar-refractivity contribution in [3.8, 4) is 0 Å². The molecule has 0 radical (unpaired) electrons. The molecule has 1 amide bonds. The number of rotatable bonds is 4. The van der Waals surface area contributed by atoms with Crippen LogP contribution in [0.15, 0.2) is 0 Å². The highest BCUT2D eigenvalue weighted by Gasteiger charge is 2.31. The van der Waals surface area contributed by atoms with Gasteiger partial charge in [-0.1, -0.05) is 13.8 Å². The van der Waals surface area contributed by atoms with Crippen molar-refractivity contribution in [2.45, 2.75) is 44.9 Å². The summed E-state index contributed by atoms with van der Waals surface area (Å²) in [5.41, 5.74) is 5.71. The normalized spacial score (nSPS) is 28.4. The molecule has 1 rings (SSSR count). The lowest BCUT2D eigenvalue weighted by Crippen LogP contribution is -2.53. The molecule has 0 bridgehead atoms. The molecule has 1 fully saturated rings. The first kappa shape index (κ1) is 11.5. The van der Waals surface area contributed by atoms with Crippen molar-refractivity contribution in [3.05, 3.63) is 0 Å². The Labute approximate surface area is 85.2 Å². The predicted octanol–water partition coefficient (Wildman–Crippen LogP) is 0.263. The maximum Gasteiger partial charge on any atom is 0.237 e. The second-order valence-electron chi connectivity index (χ2n) is 4.30. The average Bonchev–Trinajstić information content (AvgIpc) is 2.08. The van der Waals surface area contributed by atoms with Crippen LogP contribution < -0.4 is 11.1 Å². The van der Waals surface area contributed by atoms with E-state index in [4.69, 9.17) is 10.5 Å². The number of methoxy groups -OCH3 is 1. The number of carbonyl (C=O) groups is 1. The Morgan fingerprint density at radius 2 is 2.07 bits per heavy atom. The molecule has 3 N–H and O–H groups in total. The summed E-state index contributed by atoms with van der Waals surface area (Å²) in [5, 5.41) is 2.92. The van der Waals surface area contributed by atoms with Crippen molar-refractivity contribution in [1.29, 1.82) is 0 Å². The second kappa shape index (κ2) is 4.75. The van der Waals surface area contributed by atoms with Crippen molar-refractivity contribution in [3.63, 3.8) is 0 Å². The third kappa shape index (κ3) is 2.69. The van der Waals surface area contributed by atoms with Crippen molar-refractivity contribution in [1.82, 2.24) is 5.32 Å². The standard InChI is InChI=1S/C10H20N2O2/c1-6(2)9(11)10(13)12-7-4-8(5-7)14-3/h6-9H,4-5,11H2,1-3H3,(H,12,13). The topological polar surface area (TPSA) is 64.3 Å². The zero-order valence-corrected chi connectivity index (χ0v) is 9.12. The summed E-state index contributed by atoms with van der Waals surface area (Å²) in [6.07, 6.45) is 2.13. The summed E-state index contributed by atoms with van der Waals surface area (Å²) in [6.45, 7) is 3.89. The van der Waals surface area contributed by atoms with Crippen LogP contribution in [0.5, 0.6) is 0 Å². The maximum absolute atomic E-state index is 11.5. The molecular weight excluding hydrogens is 180 g/mol. The fourth-order valence-electron chi connectivity index (χ4n) is 1.48. The van der Waals surface area contributed by atoms with E-state index in [1.165, 1.54) is 0 Å². The van der Waals surface area contributed by atoms with Crippen LogP contribution >= 0.6 is 0 Å². The third-order valence-corrected chi connectivity index (χ3v) is 2.80. The van der Waals surface area contributed by atoms with Crippen LogP contribution in [0.3, 0.4) is 0 Å². The van der Waals surface area contributed by atoms with E-state index < -0.39 is 6.04 Å². The molecule has 1 atom stereocenters. The van der Waals surface area contributed by atoms with E-state index >= 15 is 0 Å². The first-order chi connectivity index (χ1) is 6.54. The smallest absolute Gasteiger partial charge is 0.237 e. The summed E-state index contributed by atoms with van der Waals surface area (Å²) in [5.74, 6) is 0.146. The van der Waals surface area contributed by atoms with E-state index in [2.05, 4.69) is 5.32 Å². The molecule has 0 saturated heterocycles. The molecule has 0 aliphatic heterocycles. The predicted molar refractivity (Wildman–Crippen MR) is 54.8 cm³/mol. The van der Waals surface area contributed by atoms with Crippen LogP contribution in [-0.4, -0.2) is 31.2 Å². The van der Waals surface area contributed by atoms with E-state index in [1.54, 1.807) is 7.11 Å². The van der Waals surface area contributed by atoms with Gasteiger partial charge >= 0.3 is 0 Å². The highest BCUT2D eigenvalue weighted by atomic mass is 16.5. The van der Waals surface area contributed by atoms with E-state index in [-0.39, 0.29) is 17.9 Å².